The van der Waals surface area contributed by atoms with Crippen LogP contribution < -0.4 is 0 Å². The second-order valence-electron chi connectivity index (χ2n) is 7.20. The Morgan fingerprint density at radius 2 is 2.04 bits per heavy atom. The summed E-state index contributed by atoms with van der Waals surface area (Å²) in [5, 5.41) is 0. The number of aromatic nitrogens is 1. The number of hydrogen-bond acceptors (Lipinski definition) is 5. The number of fused-ring (bicyclic) bond motifs is 1. The van der Waals surface area contributed by atoms with Crippen molar-refractivity contribution in [1.29, 1.82) is 0 Å². The molecule has 2 aliphatic heterocycles. The van der Waals surface area contributed by atoms with E-state index in [0.717, 1.165) is 44.4 Å². The van der Waals surface area contributed by atoms with Crippen molar-refractivity contribution in [3.8, 4) is 0 Å². The Hall–Kier alpha value is -1.01. The average Bonchev–Trinajstić information content (AvgIpc) is 3.06. The van der Waals surface area contributed by atoms with Gasteiger partial charge in [0.15, 0.2) is 0 Å². The van der Waals surface area contributed by atoms with Crippen molar-refractivity contribution in [2.24, 2.45) is 5.92 Å². The van der Waals surface area contributed by atoms with Gasteiger partial charge in [-0.05, 0) is 43.7 Å². The number of nitrogens with zero attached hydrogens (tertiary/aromatic N) is 2. The van der Waals surface area contributed by atoms with Crippen molar-refractivity contribution < 1.29 is 14.2 Å². The first-order valence-electron chi connectivity index (χ1n) is 9.35. The van der Waals surface area contributed by atoms with Crippen LogP contribution in [0.15, 0.2) is 24.4 Å². The van der Waals surface area contributed by atoms with Crippen LogP contribution in [0.2, 0.25) is 0 Å². The van der Waals surface area contributed by atoms with Crippen molar-refractivity contribution in [1.82, 2.24) is 9.88 Å². The molecule has 0 bridgehead atoms. The van der Waals surface area contributed by atoms with Crippen LogP contribution in [0, 0.1) is 5.92 Å². The molecule has 1 aromatic heterocycles. The molecule has 3 heterocycles. The first kappa shape index (κ1) is 16.5. The molecule has 3 fully saturated rings. The summed E-state index contributed by atoms with van der Waals surface area (Å²) < 4.78 is 17.8. The summed E-state index contributed by atoms with van der Waals surface area (Å²) in [5.74, 6) is 0.783. The lowest BCUT2D eigenvalue weighted by molar-refractivity contribution is -0.121. The Kier molecular flexibility index (Phi) is 5.43. The van der Waals surface area contributed by atoms with Gasteiger partial charge in [0.25, 0.3) is 0 Å². The van der Waals surface area contributed by atoms with Gasteiger partial charge in [-0.3, -0.25) is 9.88 Å². The quantitative estimate of drug-likeness (QED) is 0.827. The summed E-state index contributed by atoms with van der Waals surface area (Å²) in [6, 6.07) is 6.49. The minimum atomic E-state index is 0.203. The Bertz CT molecular complexity index is 507. The zero-order valence-electron chi connectivity index (χ0n) is 14.3. The van der Waals surface area contributed by atoms with Gasteiger partial charge in [-0.15, -0.1) is 0 Å². The molecule has 5 nitrogen and oxygen atoms in total. The molecule has 0 spiro atoms. The van der Waals surface area contributed by atoms with Crippen LogP contribution >= 0.6 is 0 Å². The Morgan fingerprint density at radius 3 is 2.88 bits per heavy atom. The zero-order chi connectivity index (χ0) is 16.2. The molecule has 0 radical (unpaired) electrons. The third-order valence-electron chi connectivity index (χ3n) is 5.66. The van der Waals surface area contributed by atoms with Crippen LogP contribution in [0.5, 0.6) is 0 Å². The SMILES string of the molecule is c1ccc(CO[C@@H]2CC[C@H]3[C@H]2OCCN3CC2CCOCC2)nc1. The summed E-state index contributed by atoms with van der Waals surface area (Å²) in [6.45, 7) is 5.52. The summed E-state index contributed by atoms with van der Waals surface area (Å²) in [5.41, 5.74) is 0.996. The van der Waals surface area contributed by atoms with Gasteiger partial charge in [-0.2, -0.15) is 0 Å². The molecule has 24 heavy (non-hydrogen) atoms. The van der Waals surface area contributed by atoms with E-state index in [-0.39, 0.29) is 12.2 Å². The molecule has 5 heteroatoms. The number of ether oxygens (including phenoxy) is 3. The van der Waals surface area contributed by atoms with E-state index in [1.54, 1.807) is 0 Å². The minimum Gasteiger partial charge on any atom is -0.381 e. The van der Waals surface area contributed by atoms with Crippen molar-refractivity contribution in [2.75, 3.05) is 32.9 Å². The molecule has 3 atom stereocenters. The minimum absolute atomic E-state index is 0.203. The van der Waals surface area contributed by atoms with Gasteiger partial charge in [0, 0.05) is 38.5 Å². The van der Waals surface area contributed by atoms with E-state index in [0.29, 0.717) is 12.6 Å². The lowest BCUT2D eigenvalue weighted by Gasteiger charge is -2.41. The highest BCUT2D eigenvalue weighted by Gasteiger charge is 2.43. The molecular formula is C19H28N2O3. The lowest BCUT2D eigenvalue weighted by atomic mass is 9.98. The fraction of sp³-hybridized carbons (Fsp3) is 0.737. The zero-order valence-corrected chi connectivity index (χ0v) is 14.3. The number of hydrogen-bond donors (Lipinski definition) is 0. The van der Waals surface area contributed by atoms with Crippen molar-refractivity contribution in [3.05, 3.63) is 30.1 Å². The molecule has 1 aliphatic carbocycles. The van der Waals surface area contributed by atoms with Crippen molar-refractivity contribution in [3.63, 3.8) is 0 Å². The van der Waals surface area contributed by atoms with E-state index in [2.05, 4.69) is 9.88 Å². The van der Waals surface area contributed by atoms with Crippen LogP contribution in [0.4, 0.5) is 0 Å². The van der Waals surface area contributed by atoms with Crippen LogP contribution in [0.1, 0.15) is 31.4 Å². The molecule has 0 unspecified atom stereocenters. The van der Waals surface area contributed by atoms with E-state index >= 15 is 0 Å². The third kappa shape index (κ3) is 3.80. The number of morpholine rings is 1. The number of pyridine rings is 1. The molecular weight excluding hydrogens is 304 g/mol. The second-order valence-corrected chi connectivity index (χ2v) is 7.20. The predicted molar refractivity (Wildman–Crippen MR) is 90.7 cm³/mol. The average molecular weight is 332 g/mol. The molecule has 1 saturated carbocycles. The van der Waals surface area contributed by atoms with Crippen LogP contribution in [0.3, 0.4) is 0 Å². The maximum Gasteiger partial charge on any atom is 0.0992 e. The molecule has 1 aromatic rings. The molecule has 2 saturated heterocycles. The van der Waals surface area contributed by atoms with E-state index in [1.807, 2.05) is 24.4 Å². The lowest BCUT2D eigenvalue weighted by Crippen LogP contribution is -2.53. The van der Waals surface area contributed by atoms with Gasteiger partial charge in [0.05, 0.1) is 31.1 Å². The van der Waals surface area contributed by atoms with Gasteiger partial charge in [0.2, 0.25) is 0 Å². The predicted octanol–water partition coefficient (Wildman–Crippen LogP) is 2.26. The van der Waals surface area contributed by atoms with Crippen LogP contribution in [0.25, 0.3) is 0 Å². The Morgan fingerprint density at radius 1 is 1.12 bits per heavy atom. The fourth-order valence-electron chi connectivity index (χ4n) is 4.33. The van der Waals surface area contributed by atoms with Crippen molar-refractivity contribution in [2.45, 2.75) is 50.5 Å². The molecule has 132 valence electrons. The first-order chi connectivity index (χ1) is 11.9. The Labute approximate surface area is 144 Å². The topological polar surface area (TPSA) is 43.8 Å². The fourth-order valence-corrected chi connectivity index (χ4v) is 4.33. The summed E-state index contributed by atoms with van der Waals surface area (Å²) in [4.78, 5) is 7.01. The van der Waals surface area contributed by atoms with Gasteiger partial charge in [-0.1, -0.05) is 6.07 Å². The van der Waals surface area contributed by atoms with Crippen LogP contribution in [-0.2, 0) is 20.8 Å². The molecule has 3 aliphatic rings. The molecule has 0 amide bonds. The Balaban J connectivity index is 1.32. The van der Waals surface area contributed by atoms with E-state index in [9.17, 15) is 0 Å². The summed E-state index contributed by atoms with van der Waals surface area (Å²) in [7, 11) is 0. The van der Waals surface area contributed by atoms with E-state index < -0.39 is 0 Å². The summed E-state index contributed by atoms with van der Waals surface area (Å²) >= 11 is 0. The monoisotopic (exact) mass is 332 g/mol. The van der Waals surface area contributed by atoms with Gasteiger partial charge >= 0.3 is 0 Å². The normalized spacial score (nSPS) is 31.9. The smallest absolute Gasteiger partial charge is 0.0992 e. The highest BCUT2D eigenvalue weighted by Crippen LogP contribution is 2.33. The third-order valence-corrected chi connectivity index (χ3v) is 5.66. The van der Waals surface area contributed by atoms with E-state index in [1.165, 1.54) is 25.8 Å². The highest BCUT2D eigenvalue weighted by molar-refractivity contribution is 5.03. The van der Waals surface area contributed by atoms with Gasteiger partial charge < -0.3 is 14.2 Å². The van der Waals surface area contributed by atoms with Crippen LogP contribution in [-0.4, -0.2) is 61.0 Å². The standard InChI is InChI=1S/C19H28N2O3/c1-2-8-20-16(3-1)14-24-18-5-4-17-19(18)23-12-9-21(17)13-15-6-10-22-11-7-15/h1-3,8,15,17-19H,4-7,9-14H2/t17-,18+,19+/m0/s1. The first-order valence-corrected chi connectivity index (χ1v) is 9.35. The highest BCUT2D eigenvalue weighted by atomic mass is 16.5. The van der Waals surface area contributed by atoms with Crippen molar-refractivity contribution >= 4 is 0 Å². The van der Waals surface area contributed by atoms with Gasteiger partial charge in [0.1, 0.15) is 0 Å². The molecule has 4 rings (SSSR count). The summed E-state index contributed by atoms with van der Waals surface area (Å²) in [6.07, 6.45) is 6.93. The largest absolute Gasteiger partial charge is 0.381 e. The second kappa shape index (κ2) is 7.91. The number of rotatable bonds is 5. The van der Waals surface area contributed by atoms with Gasteiger partial charge in [-0.25, -0.2) is 0 Å². The maximum atomic E-state index is 6.16. The van der Waals surface area contributed by atoms with E-state index in [4.69, 9.17) is 14.2 Å². The molecule has 0 aromatic carbocycles. The molecule has 0 N–H and O–H groups in total. The maximum absolute atomic E-state index is 6.16.